The molecular formula is C18H22O4S. The van der Waals surface area contributed by atoms with Crippen molar-refractivity contribution in [2.24, 2.45) is 0 Å². The molecule has 124 valence electrons. The Morgan fingerprint density at radius 2 is 1.83 bits per heavy atom. The van der Waals surface area contributed by atoms with Gasteiger partial charge in [-0.2, -0.15) is 8.42 Å². The van der Waals surface area contributed by atoms with Gasteiger partial charge in [0, 0.05) is 0 Å². The van der Waals surface area contributed by atoms with Crippen LogP contribution in [0.25, 0.3) is 0 Å². The quantitative estimate of drug-likeness (QED) is 0.238. The van der Waals surface area contributed by atoms with E-state index in [0.717, 1.165) is 18.4 Å². The van der Waals surface area contributed by atoms with E-state index in [1.54, 1.807) is 24.3 Å². The lowest BCUT2D eigenvalue weighted by Gasteiger charge is -2.02. The van der Waals surface area contributed by atoms with Crippen LogP contribution >= 0.6 is 0 Å². The molecule has 1 aliphatic heterocycles. The first kappa shape index (κ1) is 17.5. The smallest absolute Gasteiger partial charge is 0.338 e. The molecule has 0 aliphatic carbocycles. The summed E-state index contributed by atoms with van der Waals surface area (Å²) in [5.74, 6) is 0. The molecule has 0 N–H and O–H groups in total. The SMILES string of the molecule is Cc1ccc(S(=O)(=O)O/C=C\C=C/C/C=C\CC2OC2C)cc1. The first-order valence-electron chi connectivity index (χ1n) is 7.61. The van der Waals surface area contributed by atoms with Crippen LogP contribution in [-0.4, -0.2) is 20.6 Å². The highest BCUT2D eigenvalue weighted by Crippen LogP contribution is 2.24. The highest BCUT2D eigenvalue weighted by atomic mass is 32.2. The Morgan fingerprint density at radius 1 is 1.13 bits per heavy atom. The molecule has 1 aromatic carbocycles. The lowest BCUT2D eigenvalue weighted by atomic mass is 10.2. The van der Waals surface area contributed by atoms with Gasteiger partial charge in [0.25, 0.3) is 0 Å². The van der Waals surface area contributed by atoms with Gasteiger partial charge in [0.05, 0.1) is 12.2 Å². The van der Waals surface area contributed by atoms with Crippen LogP contribution in [0.4, 0.5) is 0 Å². The highest BCUT2D eigenvalue weighted by Gasteiger charge is 2.32. The van der Waals surface area contributed by atoms with E-state index in [2.05, 4.69) is 19.1 Å². The molecule has 2 atom stereocenters. The van der Waals surface area contributed by atoms with Gasteiger partial charge in [-0.3, -0.25) is 0 Å². The van der Waals surface area contributed by atoms with Gasteiger partial charge in [0.15, 0.2) is 0 Å². The van der Waals surface area contributed by atoms with Crippen LogP contribution in [-0.2, 0) is 19.0 Å². The third kappa shape index (κ3) is 6.04. The van der Waals surface area contributed by atoms with Crippen LogP contribution in [0.15, 0.2) is 65.8 Å². The summed E-state index contributed by atoms with van der Waals surface area (Å²) in [7, 11) is -3.73. The van der Waals surface area contributed by atoms with E-state index in [9.17, 15) is 8.42 Å². The van der Waals surface area contributed by atoms with Gasteiger partial charge in [0.2, 0.25) is 0 Å². The second-order valence-corrected chi connectivity index (χ2v) is 7.01. The van der Waals surface area contributed by atoms with Gasteiger partial charge in [-0.25, -0.2) is 0 Å². The van der Waals surface area contributed by atoms with Gasteiger partial charge >= 0.3 is 10.1 Å². The molecule has 2 rings (SSSR count). The number of rotatable bonds is 8. The molecule has 0 spiro atoms. The molecule has 4 nitrogen and oxygen atoms in total. The van der Waals surface area contributed by atoms with Crippen LogP contribution in [0.5, 0.6) is 0 Å². The van der Waals surface area contributed by atoms with Crippen molar-refractivity contribution in [1.29, 1.82) is 0 Å². The predicted molar refractivity (Wildman–Crippen MR) is 90.4 cm³/mol. The summed E-state index contributed by atoms with van der Waals surface area (Å²) in [4.78, 5) is 0.149. The van der Waals surface area contributed by atoms with E-state index in [4.69, 9.17) is 8.92 Å². The molecule has 0 radical (unpaired) electrons. The molecule has 0 bridgehead atoms. The molecule has 1 heterocycles. The second-order valence-electron chi connectivity index (χ2n) is 5.44. The van der Waals surface area contributed by atoms with E-state index >= 15 is 0 Å². The molecule has 0 amide bonds. The summed E-state index contributed by atoms with van der Waals surface area (Å²) in [5.41, 5.74) is 0.998. The molecule has 1 aliphatic rings. The van der Waals surface area contributed by atoms with Crippen molar-refractivity contribution in [2.75, 3.05) is 0 Å². The lowest BCUT2D eigenvalue weighted by molar-refractivity contribution is 0.380. The van der Waals surface area contributed by atoms with Crippen molar-refractivity contribution in [3.8, 4) is 0 Å². The minimum atomic E-state index is -3.73. The summed E-state index contributed by atoms with van der Waals surface area (Å²) in [5, 5.41) is 0. The van der Waals surface area contributed by atoms with Crippen LogP contribution in [0, 0.1) is 6.92 Å². The van der Waals surface area contributed by atoms with Gasteiger partial charge < -0.3 is 8.92 Å². The third-order valence-corrected chi connectivity index (χ3v) is 4.68. The molecule has 0 saturated carbocycles. The first-order valence-corrected chi connectivity index (χ1v) is 9.02. The number of hydrogen-bond donors (Lipinski definition) is 0. The van der Waals surface area contributed by atoms with Crippen molar-refractivity contribution >= 4 is 10.1 Å². The Kier molecular flexibility index (Phi) is 6.19. The Balaban J connectivity index is 1.70. The standard InChI is InChI=1S/C18H22O4S/c1-15-10-12-17(13-11-15)23(19,20)21-14-8-6-4-3-5-7-9-18-16(2)22-18/h4-8,10-14,16,18H,3,9H2,1-2H3/b6-4-,7-5-,14-8-. The summed E-state index contributed by atoms with van der Waals surface area (Å²) >= 11 is 0. The topological polar surface area (TPSA) is 55.9 Å². The molecular weight excluding hydrogens is 312 g/mol. The third-order valence-electron chi connectivity index (χ3n) is 3.46. The van der Waals surface area contributed by atoms with Crippen molar-refractivity contribution in [2.45, 2.75) is 43.8 Å². The number of benzene rings is 1. The van der Waals surface area contributed by atoms with E-state index in [1.807, 2.05) is 13.0 Å². The van der Waals surface area contributed by atoms with E-state index < -0.39 is 10.1 Å². The highest BCUT2D eigenvalue weighted by molar-refractivity contribution is 7.86. The maximum absolute atomic E-state index is 11.9. The molecule has 2 unspecified atom stereocenters. The van der Waals surface area contributed by atoms with Crippen molar-refractivity contribution in [1.82, 2.24) is 0 Å². The fraction of sp³-hybridized carbons (Fsp3) is 0.333. The van der Waals surface area contributed by atoms with Crippen LogP contribution in [0.2, 0.25) is 0 Å². The maximum atomic E-state index is 11.9. The van der Waals surface area contributed by atoms with Gasteiger partial charge in [-0.1, -0.05) is 42.0 Å². The maximum Gasteiger partial charge on any atom is 0.338 e. The molecule has 1 aromatic rings. The molecule has 23 heavy (non-hydrogen) atoms. The Morgan fingerprint density at radius 3 is 2.48 bits per heavy atom. The van der Waals surface area contributed by atoms with E-state index in [-0.39, 0.29) is 4.90 Å². The van der Waals surface area contributed by atoms with Crippen molar-refractivity contribution in [3.05, 3.63) is 66.5 Å². The largest absolute Gasteiger partial charge is 0.387 e. The van der Waals surface area contributed by atoms with Gasteiger partial charge in [-0.15, -0.1) is 0 Å². The molecule has 5 heteroatoms. The average Bonchev–Trinajstić information content (AvgIpc) is 3.21. The Hall–Kier alpha value is -1.85. The lowest BCUT2D eigenvalue weighted by Crippen LogP contribution is -2.01. The van der Waals surface area contributed by atoms with Gasteiger partial charge in [0.1, 0.15) is 11.2 Å². The summed E-state index contributed by atoms with van der Waals surface area (Å²) in [6, 6.07) is 6.53. The fourth-order valence-corrected chi connectivity index (χ4v) is 2.74. The average molecular weight is 334 g/mol. The number of ether oxygens (including phenoxy) is 1. The van der Waals surface area contributed by atoms with E-state index in [0.29, 0.717) is 12.2 Å². The number of allylic oxidation sites excluding steroid dienone is 4. The molecule has 1 saturated heterocycles. The minimum Gasteiger partial charge on any atom is -0.387 e. The minimum absolute atomic E-state index is 0.149. The fourth-order valence-electron chi connectivity index (χ4n) is 1.95. The van der Waals surface area contributed by atoms with Crippen molar-refractivity contribution in [3.63, 3.8) is 0 Å². The summed E-state index contributed by atoms with van der Waals surface area (Å²) in [6.45, 7) is 3.96. The zero-order valence-corrected chi connectivity index (χ0v) is 14.2. The van der Waals surface area contributed by atoms with Gasteiger partial charge in [-0.05, 0) is 44.9 Å². The van der Waals surface area contributed by atoms with Crippen LogP contribution < -0.4 is 0 Å². The monoisotopic (exact) mass is 334 g/mol. The number of hydrogen-bond acceptors (Lipinski definition) is 4. The molecule has 1 fully saturated rings. The van der Waals surface area contributed by atoms with E-state index in [1.165, 1.54) is 18.4 Å². The predicted octanol–water partition coefficient (Wildman–Crippen LogP) is 3.89. The summed E-state index contributed by atoms with van der Waals surface area (Å²) in [6.07, 6.45) is 13.1. The van der Waals surface area contributed by atoms with Crippen molar-refractivity contribution < 1.29 is 17.3 Å². The Bertz CT molecular complexity index is 684. The zero-order chi connectivity index (χ0) is 16.7. The normalized spacial score (nSPS) is 21.5. The summed E-state index contributed by atoms with van der Waals surface area (Å²) < 4.78 is 33.9. The number of epoxide rings is 1. The second kappa shape index (κ2) is 8.13. The van der Waals surface area contributed by atoms with Crippen LogP contribution in [0.1, 0.15) is 25.3 Å². The van der Waals surface area contributed by atoms with Crippen LogP contribution in [0.3, 0.4) is 0 Å². The Labute approximate surface area is 138 Å². The first-order chi connectivity index (χ1) is 11.0. The number of aryl methyl sites for hydroxylation is 1. The zero-order valence-electron chi connectivity index (χ0n) is 13.4. The molecule has 0 aromatic heterocycles.